The third-order valence-corrected chi connectivity index (χ3v) is 3.23. The molecule has 0 bridgehead atoms. The van der Waals surface area contributed by atoms with Crippen molar-refractivity contribution >= 4 is 11.6 Å². The van der Waals surface area contributed by atoms with Gasteiger partial charge in [-0.3, -0.25) is 0 Å². The van der Waals surface area contributed by atoms with Crippen molar-refractivity contribution in [3.8, 4) is 0 Å². The summed E-state index contributed by atoms with van der Waals surface area (Å²) in [7, 11) is 0. The molecule has 2 heteroatoms. The Hall–Kier alpha value is -1.34. The van der Waals surface area contributed by atoms with E-state index in [2.05, 4.69) is 42.2 Å². The predicted molar refractivity (Wildman–Crippen MR) is 72.4 cm³/mol. The molecule has 0 fully saturated rings. The summed E-state index contributed by atoms with van der Waals surface area (Å²) in [5.41, 5.74) is 2.65. The Bertz CT molecular complexity index is 467. The van der Waals surface area contributed by atoms with Gasteiger partial charge in [0.1, 0.15) is 5.15 Å². The van der Waals surface area contributed by atoms with E-state index in [1.54, 1.807) is 6.20 Å². The van der Waals surface area contributed by atoms with Gasteiger partial charge in [-0.05, 0) is 42.0 Å². The second-order valence-electron chi connectivity index (χ2n) is 4.34. The van der Waals surface area contributed by atoms with E-state index < -0.39 is 0 Å². The monoisotopic (exact) mass is 245 g/mol. The maximum atomic E-state index is 5.87. The van der Waals surface area contributed by atoms with E-state index in [9.17, 15) is 0 Å². The number of pyridine rings is 1. The van der Waals surface area contributed by atoms with Gasteiger partial charge < -0.3 is 0 Å². The molecule has 0 aliphatic rings. The third-order valence-electron chi connectivity index (χ3n) is 3.03. The number of benzene rings is 1. The average Bonchev–Trinajstić information content (AvgIpc) is 2.37. The number of halogens is 1. The van der Waals surface area contributed by atoms with E-state index in [0.29, 0.717) is 11.1 Å². The van der Waals surface area contributed by atoms with Crippen molar-refractivity contribution in [2.75, 3.05) is 0 Å². The van der Waals surface area contributed by atoms with Crippen LogP contribution in [0.1, 0.15) is 30.4 Å². The highest BCUT2D eigenvalue weighted by molar-refractivity contribution is 6.29. The molecule has 88 valence electrons. The highest BCUT2D eigenvalue weighted by Gasteiger charge is 2.05. The normalized spacial score (nSPS) is 12.4. The van der Waals surface area contributed by atoms with Gasteiger partial charge in [0.25, 0.3) is 0 Å². The van der Waals surface area contributed by atoms with Gasteiger partial charge in [-0.1, -0.05) is 48.9 Å². The van der Waals surface area contributed by atoms with Crippen LogP contribution in [-0.4, -0.2) is 4.98 Å². The Morgan fingerprint density at radius 3 is 2.65 bits per heavy atom. The minimum atomic E-state index is 0.572. The topological polar surface area (TPSA) is 12.9 Å². The van der Waals surface area contributed by atoms with Crippen molar-refractivity contribution in [3.63, 3.8) is 0 Å². The van der Waals surface area contributed by atoms with Crippen molar-refractivity contribution in [2.45, 2.75) is 25.7 Å². The highest BCUT2D eigenvalue weighted by atomic mass is 35.5. The van der Waals surface area contributed by atoms with Crippen LogP contribution in [-0.2, 0) is 6.42 Å². The summed E-state index contributed by atoms with van der Waals surface area (Å²) in [6, 6.07) is 14.6. The molecule has 0 radical (unpaired) electrons. The van der Waals surface area contributed by atoms with Gasteiger partial charge in [0, 0.05) is 6.20 Å². The molecule has 0 amide bonds. The van der Waals surface area contributed by atoms with Crippen LogP contribution in [0.5, 0.6) is 0 Å². The number of rotatable bonds is 4. The second-order valence-corrected chi connectivity index (χ2v) is 4.72. The van der Waals surface area contributed by atoms with Gasteiger partial charge in [-0.25, -0.2) is 4.98 Å². The van der Waals surface area contributed by atoms with Gasteiger partial charge in [0.2, 0.25) is 0 Å². The Balaban J connectivity index is 1.95. The average molecular weight is 246 g/mol. The largest absolute Gasteiger partial charge is 0.245 e. The Morgan fingerprint density at radius 1 is 1.18 bits per heavy atom. The molecule has 0 N–H and O–H groups in total. The third kappa shape index (κ3) is 3.57. The van der Waals surface area contributed by atoms with E-state index in [1.165, 1.54) is 11.1 Å². The van der Waals surface area contributed by atoms with Gasteiger partial charge in [-0.2, -0.15) is 0 Å². The fourth-order valence-corrected chi connectivity index (χ4v) is 2.13. The lowest BCUT2D eigenvalue weighted by Gasteiger charge is -2.11. The summed E-state index contributed by atoms with van der Waals surface area (Å²) in [4.78, 5) is 3.99. The second kappa shape index (κ2) is 5.83. The summed E-state index contributed by atoms with van der Waals surface area (Å²) >= 11 is 5.87. The maximum absolute atomic E-state index is 5.87. The van der Waals surface area contributed by atoms with Crippen LogP contribution in [0, 0.1) is 0 Å². The Kier molecular flexibility index (Phi) is 4.16. The molecule has 1 aromatic heterocycles. The van der Waals surface area contributed by atoms with E-state index >= 15 is 0 Å². The quantitative estimate of drug-likeness (QED) is 0.725. The zero-order chi connectivity index (χ0) is 12.1. The predicted octanol–water partition coefficient (Wildman–Crippen LogP) is 4.47. The van der Waals surface area contributed by atoms with E-state index in [-0.39, 0.29) is 0 Å². The SMILES string of the molecule is C[C@@H](CCc1ccnc(Cl)c1)c1ccccc1. The van der Waals surface area contributed by atoms with Crippen molar-refractivity contribution in [1.82, 2.24) is 4.98 Å². The molecule has 1 heterocycles. The molecule has 2 aromatic rings. The van der Waals surface area contributed by atoms with Crippen LogP contribution in [0.4, 0.5) is 0 Å². The van der Waals surface area contributed by atoms with Gasteiger partial charge in [0.05, 0.1) is 0 Å². The zero-order valence-corrected chi connectivity index (χ0v) is 10.7. The van der Waals surface area contributed by atoms with Crippen LogP contribution in [0.3, 0.4) is 0 Å². The van der Waals surface area contributed by atoms with Gasteiger partial charge in [0.15, 0.2) is 0 Å². The molecular weight excluding hydrogens is 230 g/mol. The van der Waals surface area contributed by atoms with E-state index in [1.807, 2.05) is 12.1 Å². The molecule has 17 heavy (non-hydrogen) atoms. The molecular formula is C15H16ClN. The minimum absolute atomic E-state index is 0.572. The summed E-state index contributed by atoms with van der Waals surface area (Å²) < 4.78 is 0. The van der Waals surface area contributed by atoms with Crippen LogP contribution in [0.25, 0.3) is 0 Å². The lowest BCUT2D eigenvalue weighted by molar-refractivity contribution is 0.679. The highest BCUT2D eigenvalue weighted by Crippen LogP contribution is 2.21. The number of aromatic nitrogens is 1. The molecule has 2 rings (SSSR count). The molecule has 0 saturated carbocycles. The maximum Gasteiger partial charge on any atom is 0.129 e. The first-order chi connectivity index (χ1) is 8.25. The van der Waals surface area contributed by atoms with Crippen LogP contribution in [0.15, 0.2) is 48.7 Å². The van der Waals surface area contributed by atoms with E-state index in [0.717, 1.165) is 12.8 Å². The fourth-order valence-electron chi connectivity index (χ4n) is 1.93. The lowest BCUT2D eigenvalue weighted by atomic mass is 9.94. The first-order valence-corrected chi connectivity index (χ1v) is 6.29. The Morgan fingerprint density at radius 2 is 1.94 bits per heavy atom. The number of hydrogen-bond acceptors (Lipinski definition) is 1. The van der Waals surface area contributed by atoms with Crippen LogP contribution >= 0.6 is 11.6 Å². The molecule has 1 nitrogen and oxygen atoms in total. The number of hydrogen-bond donors (Lipinski definition) is 0. The van der Waals surface area contributed by atoms with E-state index in [4.69, 9.17) is 11.6 Å². The summed E-state index contributed by atoms with van der Waals surface area (Å²) in [6.45, 7) is 2.26. The molecule has 0 aliphatic carbocycles. The zero-order valence-electron chi connectivity index (χ0n) is 9.94. The Labute approximate surface area is 107 Å². The van der Waals surface area contributed by atoms with Crippen molar-refractivity contribution < 1.29 is 0 Å². The van der Waals surface area contributed by atoms with Crippen molar-refractivity contribution in [2.24, 2.45) is 0 Å². The molecule has 0 unspecified atom stereocenters. The first-order valence-electron chi connectivity index (χ1n) is 5.91. The first kappa shape index (κ1) is 12.1. The smallest absolute Gasteiger partial charge is 0.129 e. The fraction of sp³-hybridized carbons (Fsp3) is 0.267. The van der Waals surface area contributed by atoms with Crippen molar-refractivity contribution in [3.05, 3.63) is 64.9 Å². The molecule has 0 aliphatic heterocycles. The minimum Gasteiger partial charge on any atom is -0.245 e. The number of aryl methyl sites for hydroxylation is 1. The van der Waals surface area contributed by atoms with Crippen LogP contribution in [0.2, 0.25) is 5.15 Å². The van der Waals surface area contributed by atoms with Gasteiger partial charge >= 0.3 is 0 Å². The summed E-state index contributed by atoms with van der Waals surface area (Å²) in [5, 5.41) is 0.579. The van der Waals surface area contributed by atoms with Crippen LogP contribution < -0.4 is 0 Å². The van der Waals surface area contributed by atoms with Crippen molar-refractivity contribution in [1.29, 1.82) is 0 Å². The standard InChI is InChI=1S/C15H16ClN/c1-12(14-5-3-2-4-6-14)7-8-13-9-10-17-15(16)11-13/h2-6,9-12H,7-8H2,1H3/t12-/m0/s1. The summed E-state index contributed by atoms with van der Waals surface area (Å²) in [6.07, 6.45) is 3.94. The number of nitrogens with zero attached hydrogens (tertiary/aromatic N) is 1. The molecule has 0 saturated heterocycles. The lowest BCUT2D eigenvalue weighted by Crippen LogP contribution is -1.96. The van der Waals surface area contributed by atoms with Gasteiger partial charge in [-0.15, -0.1) is 0 Å². The molecule has 1 aromatic carbocycles. The molecule has 1 atom stereocenters. The molecule has 0 spiro atoms. The summed E-state index contributed by atoms with van der Waals surface area (Å²) in [5.74, 6) is 0.572.